The van der Waals surface area contributed by atoms with Crippen LogP contribution in [-0.2, 0) is 9.59 Å². The van der Waals surface area contributed by atoms with Gasteiger partial charge in [-0.2, -0.15) is 11.8 Å². The number of hydrogen-bond donors (Lipinski definition) is 2. The maximum absolute atomic E-state index is 11.5. The largest absolute Gasteiger partial charge is 0.480 e. The van der Waals surface area contributed by atoms with Gasteiger partial charge in [0, 0.05) is 6.42 Å². The van der Waals surface area contributed by atoms with E-state index in [0.29, 0.717) is 12.8 Å². The maximum atomic E-state index is 11.5. The van der Waals surface area contributed by atoms with Gasteiger partial charge >= 0.3 is 5.97 Å². The molecule has 0 aliphatic carbocycles. The van der Waals surface area contributed by atoms with Gasteiger partial charge in [-0.05, 0) is 24.9 Å². The molecule has 0 spiro atoms. The molecule has 1 unspecified atom stereocenters. The third-order valence-corrected chi connectivity index (χ3v) is 3.15. The summed E-state index contributed by atoms with van der Waals surface area (Å²) < 4.78 is 0. The van der Waals surface area contributed by atoms with Crippen LogP contribution in [-0.4, -0.2) is 35.0 Å². The zero-order valence-corrected chi connectivity index (χ0v) is 11.5. The van der Waals surface area contributed by atoms with Crippen LogP contribution in [0.1, 0.15) is 45.4 Å². The average Bonchev–Trinajstić information content (AvgIpc) is 2.29. The minimum Gasteiger partial charge on any atom is -0.480 e. The molecule has 2 N–H and O–H groups in total. The summed E-state index contributed by atoms with van der Waals surface area (Å²) in [5.41, 5.74) is 0. The zero-order valence-electron chi connectivity index (χ0n) is 10.7. The molecular formula is C12H23NO3S. The summed E-state index contributed by atoms with van der Waals surface area (Å²) in [5.74, 6) is -0.344. The summed E-state index contributed by atoms with van der Waals surface area (Å²) in [6, 6.07) is -0.735. The zero-order chi connectivity index (χ0) is 13.1. The number of carboxylic acid groups (broad SMARTS) is 1. The maximum Gasteiger partial charge on any atom is 0.326 e. The number of unbranched alkanes of at least 4 members (excludes halogenated alkanes) is 3. The van der Waals surface area contributed by atoms with Crippen LogP contribution in [0.3, 0.4) is 0 Å². The van der Waals surface area contributed by atoms with E-state index in [4.69, 9.17) is 5.11 Å². The fourth-order valence-electron chi connectivity index (χ4n) is 1.47. The summed E-state index contributed by atoms with van der Waals surface area (Å²) in [7, 11) is 0. The van der Waals surface area contributed by atoms with Crippen LogP contribution in [0.15, 0.2) is 0 Å². The van der Waals surface area contributed by atoms with Crippen molar-refractivity contribution < 1.29 is 14.7 Å². The number of carbonyl (C=O) groups excluding carboxylic acids is 1. The Morgan fingerprint density at radius 1 is 1.29 bits per heavy atom. The lowest BCUT2D eigenvalue weighted by molar-refractivity contribution is -0.141. The van der Waals surface area contributed by atoms with E-state index in [2.05, 4.69) is 12.2 Å². The first-order valence-electron chi connectivity index (χ1n) is 6.13. The van der Waals surface area contributed by atoms with Crippen LogP contribution >= 0.6 is 11.8 Å². The molecule has 17 heavy (non-hydrogen) atoms. The van der Waals surface area contributed by atoms with Gasteiger partial charge in [0.25, 0.3) is 0 Å². The molecule has 5 heteroatoms. The van der Waals surface area contributed by atoms with Crippen molar-refractivity contribution in [2.24, 2.45) is 0 Å². The van der Waals surface area contributed by atoms with Crippen molar-refractivity contribution in [2.75, 3.05) is 12.0 Å². The summed E-state index contributed by atoms with van der Waals surface area (Å²) in [5, 5.41) is 11.5. The van der Waals surface area contributed by atoms with Gasteiger partial charge in [-0.1, -0.05) is 26.2 Å². The molecule has 4 nitrogen and oxygen atoms in total. The minimum atomic E-state index is -0.944. The molecule has 100 valence electrons. The molecule has 0 fully saturated rings. The van der Waals surface area contributed by atoms with Crippen molar-refractivity contribution in [3.8, 4) is 0 Å². The van der Waals surface area contributed by atoms with Crippen molar-refractivity contribution in [2.45, 2.75) is 51.5 Å². The van der Waals surface area contributed by atoms with Crippen molar-refractivity contribution in [1.29, 1.82) is 0 Å². The first-order chi connectivity index (χ1) is 8.11. The Morgan fingerprint density at radius 3 is 2.53 bits per heavy atom. The van der Waals surface area contributed by atoms with E-state index in [1.165, 1.54) is 0 Å². The van der Waals surface area contributed by atoms with Gasteiger partial charge in [0.1, 0.15) is 6.04 Å². The van der Waals surface area contributed by atoms with E-state index in [1.807, 2.05) is 6.26 Å². The van der Waals surface area contributed by atoms with E-state index in [0.717, 1.165) is 31.4 Å². The number of carboxylic acids is 1. The van der Waals surface area contributed by atoms with E-state index >= 15 is 0 Å². The SMILES string of the molecule is CCCCCCC(=O)NC(CCSC)C(=O)O. The number of amides is 1. The number of nitrogens with one attached hydrogen (secondary N) is 1. The summed E-state index contributed by atoms with van der Waals surface area (Å²) >= 11 is 1.58. The number of thioether (sulfide) groups is 1. The first-order valence-corrected chi connectivity index (χ1v) is 7.52. The molecule has 0 aromatic rings. The predicted molar refractivity (Wildman–Crippen MR) is 71.3 cm³/mol. The van der Waals surface area contributed by atoms with Gasteiger partial charge in [-0.25, -0.2) is 4.79 Å². The lowest BCUT2D eigenvalue weighted by Crippen LogP contribution is -2.41. The second-order valence-electron chi connectivity index (χ2n) is 4.05. The lowest BCUT2D eigenvalue weighted by atomic mass is 10.1. The molecule has 0 saturated carbocycles. The number of rotatable bonds is 10. The van der Waals surface area contributed by atoms with Crippen LogP contribution in [0.25, 0.3) is 0 Å². The quantitative estimate of drug-likeness (QED) is 0.592. The Balaban J connectivity index is 3.83. The predicted octanol–water partition coefficient (Wildman–Crippen LogP) is 2.28. The normalized spacial score (nSPS) is 12.1. The van der Waals surface area contributed by atoms with Gasteiger partial charge in [-0.15, -0.1) is 0 Å². The highest BCUT2D eigenvalue weighted by atomic mass is 32.2. The Morgan fingerprint density at radius 2 is 2.00 bits per heavy atom. The summed E-state index contributed by atoms with van der Waals surface area (Å²) in [6.45, 7) is 2.11. The molecule has 1 amide bonds. The smallest absolute Gasteiger partial charge is 0.326 e. The van der Waals surface area contributed by atoms with Crippen molar-refractivity contribution >= 4 is 23.6 Å². The number of aliphatic carboxylic acids is 1. The average molecular weight is 261 g/mol. The Labute approximate surface area is 108 Å². The first kappa shape index (κ1) is 16.3. The molecule has 0 saturated heterocycles. The van der Waals surface area contributed by atoms with Gasteiger partial charge in [0.15, 0.2) is 0 Å². The summed E-state index contributed by atoms with van der Waals surface area (Å²) in [6.07, 6.45) is 6.97. The van der Waals surface area contributed by atoms with E-state index < -0.39 is 12.0 Å². The Bertz CT molecular complexity index is 234. The van der Waals surface area contributed by atoms with E-state index in [9.17, 15) is 9.59 Å². The molecule has 0 heterocycles. The van der Waals surface area contributed by atoms with Crippen LogP contribution in [0.5, 0.6) is 0 Å². The van der Waals surface area contributed by atoms with Crippen LogP contribution < -0.4 is 5.32 Å². The monoisotopic (exact) mass is 261 g/mol. The molecule has 0 rings (SSSR count). The second kappa shape index (κ2) is 10.4. The highest BCUT2D eigenvalue weighted by Crippen LogP contribution is 2.04. The fourth-order valence-corrected chi connectivity index (χ4v) is 1.94. The van der Waals surface area contributed by atoms with Gasteiger partial charge < -0.3 is 10.4 Å². The molecule has 0 aromatic carbocycles. The van der Waals surface area contributed by atoms with Crippen LogP contribution in [0.4, 0.5) is 0 Å². The molecule has 0 aliphatic rings. The molecule has 0 aliphatic heterocycles. The van der Waals surface area contributed by atoms with Gasteiger partial charge in [-0.3, -0.25) is 4.79 Å². The van der Waals surface area contributed by atoms with E-state index in [-0.39, 0.29) is 5.91 Å². The fraction of sp³-hybridized carbons (Fsp3) is 0.833. The van der Waals surface area contributed by atoms with Crippen molar-refractivity contribution in [3.05, 3.63) is 0 Å². The van der Waals surface area contributed by atoms with Crippen LogP contribution in [0.2, 0.25) is 0 Å². The molecular weight excluding hydrogens is 238 g/mol. The molecule has 0 aromatic heterocycles. The lowest BCUT2D eigenvalue weighted by Gasteiger charge is -2.13. The molecule has 0 radical (unpaired) electrons. The van der Waals surface area contributed by atoms with Crippen molar-refractivity contribution in [3.63, 3.8) is 0 Å². The second-order valence-corrected chi connectivity index (χ2v) is 5.04. The van der Waals surface area contributed by atoms with Crippen LogP contribution in [0, 0.1) is 0 Å². The summed E-state index contributed by atoms with van der Waals surface area (Å²) in [4.78, 5) is 22.4. The van der Waals surface area contributed by atoms with Crippen molar-refractivity contribution in [1.82, 2.24) is 5.32 Å². The van der Waals surface area contributed by atoms with E-state index in [1.54, 1.807) is 11.8 Å². The van der Waals surface area contributed by atoms with Gasteiger partial charge in [0.05, 0.1) is 0 Å². The third-order valence-electron chi connectivity index (χ3n) is 2.50. The highest BCUT2D eigenvalue weighted by molar-refractivity contribution is 7.98. The topological polar surface area (TPSA) is 66.4 Å². The Kier molecular flexibility index (Phi) is 10.0. The minimum absolute atomic E-state index is 0.144. The highest BCUT2D eigenvalue weighted by Gasteiger charge is 2.18. The number of hydrogen-bond acceptors (Lipinski definition) is 3. The molecule has 1 atom stereocenters. The number of carbonyl (C=O) groups is 2. The molecule has 0 bridgehead atoms. The Hall–Kier alpha value is -0.710. The third kappa shape index (κ3) is 9.03. The van der Waals surface area contributed by atoms with Gasteiger partial charge in [0.2, 0.25) is 5.91 Å². The standard InChI is InChI=1S/C12H23NO3S/c1-3-4-5-6-7-11(14)13-10(12(15)16)8-9-17-2/h10H,3-9H2,1-2H3,(H,13,14)(H,15,16).